The molecule has 1 unspecified atom stereocenters. The van der Waals surface area contributed by atoms with E-state index in [0.717, 1.165) is 11.3 Å². The molecule has 15 heavy (non-hydrogen) atoms. The number of β-amino-alcohol motifs (C(OH)–C–C–N with tert-alkyl or cyclic N) is 1. The predicted molar refractivity (Wildman–Crippen MR) is 58.6 cm³/mol. The van der Waals surface area contributed by atoms with Gasteiger partial charge in [0.25, 0.3) is 0 Å². The van der Waals surface area contributed by atoms with Gasteiger partial charge in [-0.15, -0.1) is 0 Å². The number of hydrogen-bond donors (Lipinski definition) is 2. The van der Waals surface area contributed by atoms with Crippen LogP contribution in [0.15, 0.2) is 18.2 Å². The Morgan fingerprint density at radius 2 is 2.27 bits per heavy atom. The van der Waals surface area contributed by atoms with Crippen molar-refractivity contribution < 1.29 is 9.90 Å². The number of nitrogen functional groups attached to an aromatic ring is 1. The van der Waals surface area contributed by atoms with Crippen molar-refractivity contribution in [3.8, 4) is 0 Å². The zero-order valence-electron chi connectivity index (χ0n) is 8.60. The van der Waals surface area contributed by atoms with E-state index in [4.69, 9.17) is 5.73 Å². The third kappa shape index (κ3) is 1.80. The van der Waals surface area contributed by atoms with Crippen LogP contribution < -0.4 is 10.6 Å². The third-order valence-electron chi connectivity index (χ3n) is 2.67. The molecule has 1 saturated heterocycles. The van der Waals surface area contributed by atoms with Crippen LogP contribution in [-0.4, -0.2) is 23.7 Å². The fourth-order valence-electron chi connectivity index (χ4n) is 1.77. The van der Waals surface area contributed by atoms with Gasteiger partial charge in [0.05, 0.1) is 19.1 Å². The first-order valence-electron chi connectivity index (χ1n) is 4.92. The molecule has 0 spiro atoms. The van der Waals surface area contributed by atoms with E-state index in [0.29, 0.717) is 12.2 Å². The first-order valence-corrected chi connectivity index (χ1v) is 4.92. The van der Waals surface area contributed by atoms with Crippen LogP contribution in [0.4, 0.5) is 11.4 Å². The van der Waals surface area contributed by atoms with Crippen molar-refractivity contribution in [1.29, 1.82) is 0 Å². The summed E-state index contributed by atoms with van der Waals surface area (Å²) in [7, 11) is 0. The van der Waals surface area contributed by atoms with Crippen molar-refractivity contribution >= 4 is 17.3 Å². The van der Waals surface area contributed by atoms with E-state index in [-0.39, 0.29) is 12.3 Å². The Kier molecular flexibility index (Phi) is 2.36. The lowest BCUT2D eigenvalue weighted by Gasteiger charge is -2.16. The summed E-state index contributed by atoms with van der Waals surface area (Å²) in [5, 5.41) is 9.37. The number of aliphatic hydroxyl groups is 1. The number of carbonyl (C=O) groups is 1. The number of benzene rings is 1. The van der Waals surface area contributed by atoms with Gasteiger partial charge in [-0.25, -0.2) is 0 Å². The van der Waals surface area contributed by atoms with Crippen LogP contribution in [0.3, 0.4) is 0 Å². The highest BCUT2D eigenvalue weighted by atomic mass is 16.3. The maximum absolute atomic E-state index is 11.5. The number of aliphatic hydroxyl groups excluding tert-OH is 1. The number of nitrogens with zero attached hydrogens (tertiary/aromatic N) is 1. The molecule has 1 aliphatic heterocycles. The zero-order valence-corrected chi connectivity index (χ0v) is 8.60. The fourth-order valence-corrected chi connectivity index (χ4v) is 1.77. The Balaban J connectivity index is 2.30. The molecule has 2 rings (SSSR count). The molecule has 1 amide bonds. The van der Waals surface area contributed by atoms with Crippen molar-refractivity contribution in [1.82, 2.24) is 0 Å². The van der Waals surface area contributed by atoms with Crippen LogP contribution in [-0.2, 0) is 4.79 Å². The van der Waals surface area contributed by atoms with E-state index in [1.54, 1.807) is 17.0 Å². The summed E-state index contributed by atoms with van der Waals surface area (Å²) in [5.41, 5.74) is 8.16. The van der Waals surface area contributed by atoms with Crippen molar-refractivity contribution in [2.75, 3.05) is 17.2 Å². The van der Waals surface area contributed by atoms with E-state index in [1.165, 1.54) is 0 Å². The summed E-state index contributed by atoms with van der Waals surface area (Å²) >= 11 is 0. The average molecular weight is 206 g/mol. The predicted octanol–water partition coefficient (Wildman–Crippen LogP) is 0.675. The number of amides is 1. The minimum atomic E-state index is -0.546. The van der Waals surface area contributed by atoms with Crippen LogP contribution in [0, 0.1) is 6.92 Å². The number of anilines is 2. The molecule has 0 aliphatic carbocycles. The second kappa shape index (κ2) is 3.55. The minimum absolute atomic E-state index is 0.0355. The molecular formula is C11H14N2O2. The van der Waals surface area contributed by atoms with Gasteiger partial charge >= 0.3 is 0 Å². The highest BCUT2D eigenvalue weighted by molar-refractivity contribution is 5.96. The first-order chi connectivity index (χ1) is 7.08. The Morgan fingerprint density at radius 3 is 2.80 bits per heavy atom. The number of aryl methyl sites for hydroxylation is 1. The van der Waals surface area contributed by atoms with Gasteiger partial charge < -0.3 is 15.7 Å². The summed E-state index contributed by atoms with van der Waals surface area (Å²) in [6.07, 6.45) is -0.334. The zero-order chi connectivity index (χ0) is 11.0. The average Bonchev–Trinajstić information content (AvgIpc) is 2.50. The van der Waals surface area contributed by atoms with Gasteiger partial charge in [0.2, 0.25) is 5.91 Å². The van der Waals surface area contributed by atoms with E-state index < -0.39 is 6.10 Å². The van der Waals surface area contributed by atoms with Gasteiger partial charge in [-0.2, -0.15) is 0 Å². The lowest BCUT2D eigenvalue weighted by Crippen LogP contribution is -2.25. The molecule has 4 nitrogen and oxygen atoms in total. The Labute approximate surface area is 88.3 Å². The lowest BCUT2D eigenvalue weighted by molar-refractivity contribution is -0.117. The molecular weight excluding hydrogens is 192 g/mol. The topological polar surface area (TPSA) is 66.6 Å². The van der Waals surface area contributed by atoms with Crippen molar-refractivity contribution in [3.05, 3.63) is 23.8 Å². The molecule has 0 radical (unpaired) electrons. The van der Waals surface area contributed by atoms with Gasteiger partial charge in [0.1, 0.15) is 0 Å². The quantitative estimate of drug-likeness (QED) is 0.664. The molecule has 0 bridgehead atoms. The Hall–Kier alpha value is -1.55. The molecule has 80 valence electrons. The number of nitrogens with two attached hydrogens (primary N) is 1. The van der Waals surface area contributed by atoms with Gasteiger partial charge in [-0.3, -0.25) is 4.79 Å². The highest BCUT2D eigenvalue weighted by Gasteiger charge is 2.28. The molecule has 1 fully saturated rings. The van der Waals surface area contributed by atoms with E-state index in [9.17, 15) is 9.90 Å². The molecule has 3 N–H and O–H groups in total. The van der Waals surface area contributed by atoms with Crippen molar-refractivity contribution in [3.63, 3.8) is 0 Å². The van der Waals surface area contributed by atoms with Crippen LogP contribution in [0.2, 0.25) is 0 Å². The summed E-state index contributed by atoms with van der Waals surface area (Å²) in [6.45, 7) is 2.28. The maximum Gasteiger partial charge on any atom is 0.229 e. The smallest absolute Gasteiger partial charge is 0.229 e. The summed E-state index contributed by atoms with van der Waals surface area (Å²) < 4.78 is 0. The van der Waals surface area contributed by atoms with Crippen LogP contribution in [0.25, 0.3) is 0 Å². The van der Waals surface area contributed by atoms with E-state index >= 15 is 0 Å². The molecule has 0 aromatic heterocycles. The molecule has 1 heterocycles. The number of carbonyl (C=O) groups excluding carboxylic acids is 1. The molecule has 1 aromatic carbocycles. The van der Waals surface area contributed by atoms with Crippen molar-refractivity contribution in [2.45, 2.75) is 19.4 Å². The van der Waals surface area contributed by atoms with Gasteiger partial charge in [-0.1, -0.05) is 0 Å². The fraction of sp³-hybridized carbons (Fsp3) is 0.364. The SMILES string of the molecule is Cc1cc(N2CC(O)CC2=O)ccc1N. The monoisotopic (exact) mass is 206 g/mol. The normalized spacial score (nSPS) is 21.1. The van der Waals surface area contributed by atoms with Crippen LogP contribution in [0.5, 0.6) is 0 Å². The van der Waals surface area contributed by atoms with Gasteiger partial charge in [-0.05, 0) is 30.7 Å². The lowest BCUT2D eigenvalue weighted by atomic mass is 10.2. The van der Waals surface area contributed by atoms with Crippen molar-refractivity contribution in [2.24, 2.45) is 0 Å². The summed E-state index contributed by atoms with van der Waals surface area (Å²) in [4.78, 5) is 13.1. The summed E-state index contributed by atoms with van der Waals surface area (Å²) in [5.74, 6) is -0.0355. The van der Waals surface area contributed by atoms with Gasteiger partial charge in [0.15, 0.2) is 0 Å². The van der Waals surface area contributed by atoms with Crippen LogP contribution in [0.1, 0.15) is 12.0 Å². The Morgan fingerprint density at radius 1 is 1.53 bits per heavy atom. The second-order valence-electron chi connectivity index (χ2n) is 3.90. The van der Waals surface area contributed by atoms with E-state index in [2.05, 4.69) is 0 Å². The molecule has 1 atom stereocenters. The second-order valence-corrected chi connectivity index (χ2v) is 3.90. The largest absolute Gasteiger partial charge is 0.399 e. The third-order valence-corrected chi connectivity index (χ3v) is 2.67. The number of rotatable bonds is 1. The van der Waals surface area contributed by atoms with Gasteiger partial charge in [0, 0.05) is 11.4 Å². The highest BCUT2D eigenvalue weighted by Crippen LogP contribution is 2.24. The molecule has 1 aliphatic rings. The van der Waals surface area contributed by atoms with E-state index in [1.807, 2.05) is 13.0 Å². The molecule has 0 saturated carbocycles. The minimum Gasteiger partial charge on any atom is -0.399 e. The molecule has 4 heteroatoms. The molecule has 1 aromatic rings. The van der Waals surface area contributed by atoms with Crippen LogP contribution >= 0.6 is 0 Å². The number of hydrogen-bond acceptors (Lipinski definition) is 3. The standard InChI is InChI=1S/C11H14N2O2/c1-7-4-8(2-3-10(7)12)13-6-9(14)5-11(13)15/h2-4,9,14H,5-6,12H2,1H3. The Bertz CT molecular complexity index is 404. The maximum atomic E-state index is 11.5. The first kappa shape index (κ1) is 9.98. The summed E-state index contributed by atoms with van der Waals surface area (Å²) in [6, 6.07) is 5.45.